The summed E-state index contributed by atoms with van der Waals surface area (Å²) in [7, 11) is -0.517. The number of amides is 3. The van der Waals surface area contributed by atoms with Crippen LogP contribution in [0, 0.1) is 0 Å². The van der Waals surface area contributed by atoms with Crippen LogP contribution in [-0.4, -0.2) is 55.2 Å². The van der Waals surface area contributed by atoms with Gasteiger partial charge in [-0.25, -0.2) is 0 Å². The Morgan fingerprint density at radius 3 is 2.45 bits per heavy atom. The Labute approximate surface area is 240 Å². The number of thioether (sulfide) groups is 1. The maximum absolute atomic E-state index is 13.0. The van der Waals surface area contributed by atoms with Gasteiger partial charge in [-0.15, -0.1) is 11.8 Å². The van der Waals surface area contributed by atoms with Gasteiger partial charge in [-0.3, -0.25) is 24.3 Å². The molecule has 40 heavy (non-hydrogen) atoms. The fraction of sp³-hybridized carbons (Fsp3) is 0.483. The van der Waals surface area contributed by atoms with E-state index in [1.54, 1.807) is 22.7 Å². The number of imide groups is 1. The van der Waals surface area contributed by atoms with Crippen molar-refractivity contribution in [2.24, 2.45) is 0 Å². The van der Waals surface area contributed by atoms with E-state index in [0.29, 0.717) is 23.8 Å². The van der Waals surface area contributed by atoms with Crippen LogP contribution in [-0.2, 0) is 29.7 Å². The van der Waals surface area contributed by atoms with Crippen molar-refractivity contribution < 1.29 is 28.0 Å². The highest BCUT2D eigenvalue weighted by Gasteiger charge is 2.39. The summed E-state index contributed by atoms with van der Waals surface area (Å²) in [5.41, 5.74) is 2.43. The van der Waals surface area contributed by atoms with Crippen molar-refractivity contribution in [2.45, 2.75) is 68.8 Å². The fourth-order valence-electron chi connectivity index (χ4n) is 5.16. The number of rotatable bonds is 15. The molecule has 0 spiro atoms. The lowest BCUT2D eigenvalue weighted by Gasteiger charge is -2.29. The summed E-state index contributed by atoms with van der Waals surface area (Å²) in [6.45, 7) is 1.20. The van der Waals surface area contributed by atoms with E-state index in [9.17, 15) is 18.9 Å². The zero-order valence-electron chi connectivity index (χ0n) is 23.1. The number of anilines is 1. The lowest BCUT2D eigenvalue weighted by atomic mass is 10.0. The molecule has 2 N–H and O–H groups in total. The Morgan fingerprint density at radius 2 is 1.70 bits per heavy atom. The van der Waals surface area contributed by atoms with Gasteiger partial charge in [0.25, 0.3) is 5.91 Å². The minimum absolute atomic E-state index is 0.128. The topological polar surface area (TPSA) is 114 Å². The van der Waals surface area contributed by atoms with Crippen molar-refractivity contribution in [3.05, 3.63) is 53.6 Å². The molecule has 3 amide bonds. The third kappa shape index (κ3) is 7.16. The van der Waals surface area contributed by atoms with Gasteiger partial charge in [0.1, 0.15) is 6.04 Å². The van der Waals surface area contributed by atoms with E-state index in [-0.39, 0.29) is 24.1 Å². The second kappa shape index (κ2) is 14.3. The Hall–Kier alpha value is -2.65. The van der Waals surface area contributed by atoms with Gasteiger partial charge >= 0.3 is 7.60 Å². The average Bonchev–Trinajstić information content (AvgIpc) is 3.30. The van der Waals surface area contributed by atoms with E-state index < -0.39 is 13.6 Å². The molecule has 1 atom stereocenters. The molecule has 9 nitrogen and oxygen atoms in total. The molecule has 11 heteroatoms. The lowest BCUT2D eigenvalue weighted by Crippen LogP contribution is -2.52. The van der Waals surface area contributed by atoms with E-state index in [2.05, 4.69) is 10.6 Å². The normalized spacial score (nSPS) is 17.2. The van der Waals surface area contributed by atoms with Crippen LogP contribution >= 0.6 is 19.4 Å². The summed E-state index contributed by atoms with van der Waals surface area (Å²) in [5, 5.41) is 6.28. The Bertz CT molecular complexity index is 1260. The van der Waals surface area contributed by atoms with Gasteiger partial charge in [0, 0.05) is 49.9 Å². The van der Waals surface area contributed by atoms with Gasteiger partial charge in [0.05, 0.1) is 5.30 Å². The van der Waals surface area contributed by atoms with Gasteiger partial charge in [0.15, 0.2) is 0 Å². The highest BCUT2D eigenvalue weighted by Crippen LogP contribution is 2.47. The molecule has 0 saturated carbocycles. The molecule has 0 bridgehead atoms. The summed E-state index contributed by atoms with van der Waals surface area (Å²) in [6.07, 6.45) is 7.31. The van der Waals surface area contributed by atoms with Crippen LogP contribution in [0.3, 0.4) is 0 Å². The van der Waals surface area contributed by atoms with Crippen LogP contribution in [0.25, 0.3) is 0 Å². The van der Waals surface area contributed by atoms with Crippen molar-refractivity contribution in [3.63, 3.8) is 0 Å². The number of nitrogens with one attached hydrogen (secondary N) is 2. The Balaban J connectivity index is 1.14. The molecule has 1 saturated heterocycles. The first-order chi connectivity index (χ1) is 19.4. The summed E-state index contributed by atoms with van der Waals surface area (Å²) in [4.78, 5) is 39.5. The molecule has 2 aromatic carbocycles. The van der Waals surface area contributed by atoms with E-state index in [1.807, 2.05) is 36.4 Å². The predicted molar refractivity (Wildman–Crippen MR) is 157 cm³/mol. The number of para-hydroxylation sites is 1. The number of hydrogen-bond donors (Lipinski definition) is 2. The smallest absolute Gasteiger partial charge is 0.362 e. The van der Waals surface area contributed by atoms with Crippen molar-refractivity contribution in [2.75, 3.05) is 31.8 Å². The SMILES string of the molecule is COP(=O)(OC)c1ccccc1NCCCCCCCCSc1cccc2c1CN(C1CCC(=O)NC1=O)C2=O. The molecule has 216 valence electrons. The van der Waals surface area contributed by atoms with Crippen LogP contribution in [0.4, 0.5) is 5.69 Å². The maximum atomic E-state index is 13.0. The second-order valence-electron chi connectivity index (χ2n) is 9.96. The van der Waals surface area contributed by atoms with Gasteiger partial charge in [-0.05, 0) is 54.8 Å². The summed E-state index contributed by atoms with van der Waals surface area (Å²) in [5.74, 6) is 0.189. The van der Waals surface area contributed by atoms with Gasteiger partial charge in [0.2, 0.25) is 11.8 Å². The fourth-order valence-corrected chi connectivity index (χ4v) is 7.52. The summed E-state index contributed by atoms with van der Waals surface area (Å²) in [6, 6.07) is 12.6. The number of hydrogen-bond acceptors (Lipinski definition) is 8. The minimum atomic E-state index is -3.30. The molecule has 0 aliphatic carbocycles. The van der Waals surface area contributed by atoms with Crippen molar-refractivity contribution >= 4 is 48.1 Å². The van der Waals surface area contributed by atoms with Gasteiger partial charge in [-0.2, -0.15) is 0 Å². The third-order valence-electron chi connectivity index (χ3n) is 7.36. The standard InChI is InChI=1S/C29H38N3O6PS/c1-37-39(36,38-2)25-14-8-7-13-23(25)30-18-9-5-3-4-6-10-19-40-26-15-11-12-21-22(26)20-32(29(21)35)24-16-17-27(33)31-28(24)34/h7-8,11-15,24,30H,3-6,9-10,16-20H2,1-2H3,(H,31,33,34). The molecule has 2 aliphatic heterocycles. The highest BCUT2D eigenvalue weighted by atomic mass is 32.2. The van der Waals surface area contributed by atoms with Crippen LogP contribution < -0.4 is 15.9 Å². The third-order valence-corrected chi connectivity index (χ3v) is 10.5. The first-order valence-corrected chi connectivity index (χ1v) is 16.3. The molecule has 0 aromatic heterocycles. The van der Waals surface area contributed by atoms with Crippen LogP contribution in [0.2, 0.25) is 0 Å². The number of piperidine rings is 1. The largest absolute Gasteiger partial charge is 0.384 e. The van der Waals surface area contributed by atoms with E-state index >= 15 is 0 Å². The number of nitrogens with zero attached hydrogens (tertiary/aromatic N) is 1. The van der Waals surface area contributed by atoms with Crippen molar-refractivity contribution in [1.29, 1.82) is 0 Å². The van der Waals surface area contributed by atoms with Gasteiger partial charge < -0.3 is 19.3 Å². The molecule has 0 radical (unpaired) electrons. The van der Waals surface area contributed by atoms with Crippen LogP contribution in [0.15, 0.2) is 47.4 Å². The lowest BCUT2D eigenvalue weighted by molar-refractivity contribution is -0.136. The maximum Gasteiger partial charge on any atom is 0.362 e. The molecule has 4 rings (SSSR count). The Morgan fingerprint density at radius 1 is 0.975 bits per heavy atom. The van der Waals surface area contributed by atoms with E-state index in [4.69, 9.17) is 9.05 Å². The number of carbonyl (C=O) groups is 3. The zero-order chi connectivity index (χ0) is 28.5. The van der Waals surface area contributed by atoms with Crippen LogP contribution in [0.5, 0.6) is 0 Å². The molecule has 2 heterocycles. The average molecular weight is 588 g/mol. The molecule has 2 aromatic rings. The minimum Gasteiger partial charge on any atom is -0.384 e. The van der Waals surface area contributed by atoms with E-state index in [0.717, 1.165) is 67.0 Å². The van der Waals surface area contributed by atoms with Crippen molar-refractivity contribution in [1.82, 2.24) is 10.2 Å². The monoisotopic (exact) mass is 587 g/mol. The number of fused-ring (bicyclic) bond motifs is 1. The van der Waals surface area contributed by atoms with Gasteiger partial charge in [-0.1, -0.05) is 43.9 Å². The van der Waals surface area contributed by atoms with Crippen molar-refractivity contribution in [3.8, 4) is 0 Å². The summed E-state index contributed by atoms with van der Waals surface area (Å²) >= 11 is 1.77. The number of benzene rings is 2. The second-order valence-corrected chi connectivity index (χ2v) is 13.3. The first-order valence-electron chi connectivity index (χ1n) is 13.8. The number of carbonyl (C=O) groups excluding carboxylic acids is 3. The molecular weight excluding hydrogens is 549 g/mol. The molecule has 2 aliphatic rings. The zero-order valence-corrected chi connectivity index (χ0v) is 24.9. The molecule has 1 unspecified atom stereocenters. The quantitative estimate of drug-likeness (QED) is 0.128. The van der Waals surface area contributed by atoms with Crippen LogP contribution in [0.1, 0.15) is 67.3 Å². The summed E-state index contributed by atoms with van der Waals surface area (Å²) < 4.78 is 23.1. The molecular formula is C29H38N3O6PS. The highest BCUT2D eigenvalue weighted by molar-refractivity contribution is 7.99. The predicted octanol–water partition coefficient (Wildman–Crippen LogP) is 5.10. The Kier molecular flexibility index (Phi) is 10.8. The number of unbranched alkanes of at least 4 members (excludes halogenated alkanes) is 5. The van der Waals surface area contributed by atoms with E-state index in [1.165, 1.54) is 14.2 Å². The first kappa shape index (κ1) is 30.3. The molecule has 1 fully saturated rings.